The molecule has 0 saturated carbocycles. The second-order valence-corrected chi connectivity index (χ2v) is 9.66. The molecule has 2 atom stereocenters. The molecule has 0 radical (unpaired) electrons. The van der Waals surface area contributed by atoms with Gasteiger partial charge in [-0.1, -0.05) is 12.1 Å². The van der Waals surface area contributed by atoms with Gasteiger partial charge in [0.15, 0.2) is 9.84 Å². The lowest BCUT2D eigenvalue weighted by Crippen LogP contribution is -2.48. The van der Waals surface area contributed by atoms with Crippen LogP contribution in [-0.2, 0) is 21.1 Å². The molecule has 7 nitrogen and oxygen atoms in total. The molecule has 0 aliphatic carbocycles. The summed E-state index contributed by atoms with van der Waals surface area (Å²) in [6, 6.07) is 12.9. The van der Waals surface area contributed by atoms with Gasteiger partial charge in [0.25, 0.3) is 11.8 Å². The Morgan fingerprint density at radius 2 is 1.50 bits per heavy atom. The number of nitrogens with zero attached hydrogens (tertiary/aromatic N) is 1. The van der Waals surface area contributed by atoms with Crippen molar-refractivity contribution >= 4 is 21.7 Å². The van der Waals surface area contributed by atoms with Crippen LogP contribution in [0.5, 0.6) is 0 Å². The van der Waals surface area contributed by atoms with Crippen LogP contribution in [0.2, 0.25) is 0 Å². The van der Waals surface area contributed by atoms with E-state index in [1.54, 1.807) is 17.0 Å². The number of carbonyl (C=O) groups excluding carboxylic acids is 2. The highest BCUT2D eigenvalue weighted by Gasteiger charge is 2.26. The first-order valence-corrected chi connectivity index (χ1v) is 11.6. The van der Waals surface area contributed by atoms with Gasteiger partial charge in [0.1, 0.15) is 0 Å². The maximum Gasteiger partial charge on any atom is 0.254 e. The third-order valence-corrected chi connectivity index (χ3v) is 6.03. The Bertz CT molecular complexity index is 1010. The molecule has 2 unspecified atom stereocenters. The molecule has 160 valence electrons. The van der Waals surface area contributed by atoms with Gasteiger partial charge in [0.05, 0.1) is 17.1 Å². The lowest BCUT2D eigenvalue weighted by Gasteiger charge is -2.35. The Balaban J connectivity index is 1.58. The summed E-state index contributed by atoms with van der Waals surface area (Å²) in [7, 11) is -3.30. The molecule has 30 heavy (non-hydrogen) atoms. The summed E-state index contributed by atoms with van der Waals surface area (Å²) in [5.41, 5.74) is 1.84. The molecule has 1 aliphatic heterocycles. The van der Waals surface area contributed by atoms with Crippen molar-refractivity contribution in [3.63, 3.8) is 0 Å². The summed E-state index contributed by atoms with van der Waals surface area (Å²) in [5, 5.41) is 2.80. The highest BCUT2D eigenvalue weighted by Crippen LogP contribution is 2.15. The first-order chi connectivity index (χ1) is 14.1. The second kappa shape index (κ2) is 8.97. The van der Waals surface area contributed by atoms with Crippen molar-refractivity contribution < 1.29 is 22.7 Å². The Morgan fingerprint density at radius 1 is 0.967 bits per heavy atom. The molecule has 8 heteroatoms. The van der Waals surface area contributed by atoms with Crippen molar-refractivity contribution in [1.29, 1.82) is 0 Å². The number of morpholine rings is 1. The lowest BCUT2D eigenvalue weighted by molar-refractivity contribution is -0.0586. The summed E-state index contributed by atoms with van der Waals surface area (Å²) in [5.74, 6) is -0.329. The molecule has 0 bridgehead atoms. The maximum atomic E-state index is 12.7. The van der Waals surface area contributed by atoms with Crippen LogP contribution < -0.4 is 5.32 Å². The van der Waals surface area contributed by atoms with Crippen LogP contribution in [0.15, 0.2) is 53.4 Å². The number of benzene rings is 2. The van der Waals surface area contributed by atoms with Crippen molar-refractivity contribution in [3.8, 4) is 0 Å². The Kier molecular flexibility index (Phi) is 6.58. The quantitative estimate of drug-likeness (QED) is 0.786. The molecule has 2 aromatic rings. The van der Waals surface area contributed by atoms with Gasteiger partial charge in [-0.05, 0) is 55.8 Å². The zero-order valence-corrected chi connectivity index (χ0v) is 18.1. The van der Waals surface area contributed by atoms with Crippen molar-refractivity contribution in [2.75, 3.05) is 19.3 Å². The number of nitrogens with one attached hydrogen (secondary N) is 1. The van der Waals surface area contributed by atoms with Gasteiger partial charge in [-0.3, -0.25) is 9.59 Å². The molecule has 0 spiro atoms. The van der Waals surface area contributed by atoms with Gasteiger partial charge in [0.2, 0.25) is 0 Å². The van der Waals surface area contributed by atoms with Crippen molar-refractivity contribution in [3.05, 3.63) is 65.2 Å². The molecule has 1 N–H and O–H groups in total. The van der Waals surface area contributed by atoms with Crippen LogP contribution in [-0.4, -0.2) is 56.7 Å². The van der Waals surface area contributed by atoms with Crippen molar-refractivity contribution in [1.82, 2.24) is 10.2 Å². The molecule has 1 saturated heterocycles. The van der Waals surface area contributed by atoms with E-state index in [2.05, 4.69) is 5.32 Å². The number of rotatable bonds is 5. The van der Waals surface area contributed by atoms with E-state index in [-0.39, 0.29) is 28.9 Å². The van der Waals surface area contributed by atoms with E-state index in [9.17, 15) is 18.0 Å². The highest BCUT2D eigenvalue weighted by molar-refractivity contribution is 7.90. The average molecular weight is 431 g/mol. The summed E-state index contributed by atoms with van der Waals surface area (Å²) >= 11 is 0. The standard InChI is InChI=1S/C22H26N2O5S/c1-15-13-24(14-16(2)29-15)22(26)19-6-4-17(5-7-19)12-23-21(25)18-8-10-20(11-9-18)30(3,27)28/h4-11,15-16H,12-14H2,1-3H3,(H,23,25). The zero-order valence-electron chi connectivity index (χ0n) is 17.3. The monoisotopic (exact) mass is 430 g/mol. The zero-order chi connectivity index (χ0) is 21.9. The van der Waals surface area contributed by atoms with Crippen LogP contribution >= 0.6 is 0 Å². The predicted octanol–water partition coefficient (Wildman–Crippen LogP) is 2.27. The minimum atomic E-state index is -3.30. The molecule has 0 aromatic heterocycles. The third-order valence-electron chi connectivity index (χ3n) is 4.91. The van der Waals surface area contributed by atoms with Gasteiger partial charge in [-0.2, -0.15) is 0 Å². The number of amides is 2. The van der Waals surface area contributed by atoms with Crippen LogP contribution in [0, 0.1) is 0 Å². The lowest BCUT2D eigenvalue weighted by atomic mass is 10.1. The largest absolute Gasteiger partial charge is 0.372 e. The van der Waals surface area contributed by atoms with E-state index in [4.69, 9.17) is 4.74 Å². The Hall–Kier alpha value is -2.71. The first-order valence-electron chi connectivity index (χ1n) is 9.75. The van der Waals surface area contributed by atoms with Gasteiger partial charge in [-0.15, -0.1) is 0 Å². The summed E-state index contributed by atoms with van der Waals surface area (Å²) in [6.07, 6.45) is 1.15. The summed E-state index contributed by atoms with van der Waals surface area (Å²) in [6.45, 7) is 5.35. The van der Waals surface area contributed by atoms with Gasteiger partial charge in [0, 0.05) is 37.0 Å². The maximum absolute atomic E-state index is 12.7. The number of ether oxygens (including phenoxy) is 1. The van der Waals surface area contributed by atoms with E-state index in [1.807, 2.05) is 26.0 Å². The molecule has 1 aliphatic rings. The fraction of sp³-hybridized carbons (Fsp3) is 0.364. The number of hydrogen-bond acceptors (Lipinski definition) is 5. The van der Waals surface area contributed by atoms with E-state index in [1.165, 1.54) is 24.3 Å². The van der Waals surface area contributed by atoms with Crippen LogP contribution in [0.4, 0.5) is 0 Å². The van der Waals surface area contributed by atoms with Gasteiger partial charge >= 0.3 is 0 Å². The second-order valence-electron chi connectivity index (χ2n) is 7.64. The highest BCUT2D eigenvalue weighted by atomic mass is 32.2. The molecule has 2 aromatic carbocycles. The van der Waals surface area contributed by atoms with Crippen LogP contribution in [0.25, 0.3) is 0 Å². The fourth-order valence-corrected chi connectivity index (χ4v) is 4.06. The molecule has 1 heterocycles. The number of hydrogen-bond donors (Lipinski definition) is 1. The first kappa shape index (κ1) is 22.0. The Morgan fingerprint density at radius 3 is 2.03 bits per heavy atom. The van der Waals surface area contributed by atoms with Crippen LogP contribution in [0.1, 0.15) is 40.1 Å². The van der Waals surface area contributed by atoms with Crippen LogP contribution in [0.3, 0.4) is 0 Å². The van der Waals surface area contributed by atoms with Gasteiger partial charge < -0.3 is 15.0 Å². The van der Waals surface area contributed by atoms with Crippen molar-refractivity contribution in [2.24, 2.45) is 0 Å². The minimum absolute atomic E-state index is 0.0127. The summed E-state index contributed by atoms with van der Waals surface area (Å²) in [4.78, 5) is 27.0. The molecule has 3 rings (SSSR count). The normalized spacial score (nSPS) is 19.4. The number of sulfone groups is 1. The summed E-state index contributed by atoms with van der Waals surface area (Å²) < 4.78 is 28.7. The predicted molar refractivity (Wildman–Crippen MR) is 113 cm³/mol. The molecular weight excluding hydrogens is 404 g/mol. The minimum Gasteiger partial charge on any atom is -0.372 e. The van der Waals surface area contributed by atoms with Crippen molar-refractivity contribution in [2.45, 2.75) is 37.5 Å². The Labute approximate surface area is 177 Å². The SMILES string of the molecule is CC1CN(C(=O)c2ccc(CNC(=O)c3ccc(S(C)(=O)=O)cc3)cc2)CC(C)O1. The fourth-order valence-electron chi connectivity index (χ4n) is 3.43. The van der Waals surface area contributed by atoms with E-state index < -0.39 is 9.84 Å². The van der Waals surface area contributed by atoms with E-state index in [0.29, 0.717) is 30.8 Å². The third kappa shape index (κ3) is 5.46. The molecular formula is C22H26N2O5S. The average Bonchev–Trinajstić information content (AvgIpc) is 2.70. The van der Waals surface area contributed by atoms with Gasteiger partial charge in [-0.25, -0.2) is 8.42 Å². The topological polar surface area (TPSA) is 92.8 Å². The van der Waals surface area contributed by atoms with E-state index in [0.717, 1.165) is 11.8 Å². The molecule has 1 fully saturated rings. The smallest absolute Gasteiger partial charge is 0.254 e. The number of carbonyl (C=O) groups is 2. The van der Waals surface area contributed by atoms with E-state index >= 15 is 0 Å². The molecule has 2 amide bonds.